The Hall–Kier alpha value is -2.49. The molecule has 2 aromatic carbocycles. The van der Waals surface area contributed by atoms with E-state index in [4.69, 9.17) is 14.5 Å². The molecule has 0 aromatic heterocycles. The maximum atomic E-state index is 6.13. The molecule has 0 radical (unpaired) electrons. The lowest BCUT2D eigenvalue weighted by Crippen LogP contribution is -2.31. The van der Waals surface area contributed by atoms with Gasteiger partial charge in [0.05, 0.1) is 13.2 Å². The summed E-state index contributed by atoms with van der Waals surface area (Å²) in [7, 11) is 1.73. The van der Waals surface area contributed by atoms with Crippen LogP contribution in [0.2, 0.25) is 0 Å². The normalized spacial score (nSPS) is 13.9. The maximum absolute atomic E-state index is 6.13. The Morgan fingerprint density at radius 2 is 1.96 bits per heavy atom. The van der Waals surface area contributed by atoms with Gasteiger partial charge in [0.1, 0.15) is 17.3 Å². The number of amidine groups is 1. The first kappa shape index (κ1) is 19.3. The van der Waals surface area contributed by atoms with Crippen LogP contribution in [0.3, 0.4) is 0 Å². The number of methoxy groups -OCH3 is 1. The summed E-state index contributed by atoms with van der Waals surface area (Å²) in [5, 5.41) is 3.46. The van der Waals surface area contributed by atoms with Gasteiger partial charge in [0.2, 0.25) is 0 Å². The van der Waals surface area contributed by atoms with Crippen LogP contribution in [0.5, 0.6) is 11.5 Å². The fourth-order valence-corrected chi connectivity index (χ4v) is 3.49. The molecule has 0 unspecified atom stereocenters. The summed E-state index contributed by atoms with van der Waals surface area (Å²) in [6.45, 7) is 8.10. The topological polar surface area (TPSA) is 42.9 Å². The SMILES string of the molecule is COc1ccc(C)cc1CCc1c(OC(C)C)cccc1C1=NCCCN1. The zero-order chi connectivity index (χ0) is 19.2. The summed E-state index contributed by atoms with van der Waals surface area (Å²) in [4.78, 5) is 4.71. The number of hydrogen-bond acceptors (Lipinski definition) is 4. The Bertz CT molecular complexity index is 812. The summed E-state index contributed by atoms with van der Waals surface area (Å²) < 4.78 is 11.7. The van der Waals surface area contributed by atoms with E-state index in [9.17, 15) is 0 Å². The van der Waals surface area contributed by atoms with E-state index in [-0.39, 0.29) is 6.10 Å². The van der Waals surface area contributed by atoms with Crippen LogP contribution in [0.25, 0.3) is 0 Å². The molecule has 0 bridgehead atoms. The summed E-state index contributed by atoms with van der Waals surface area (Å²) in [6, 6.07) is 12.6. The standard InChI is InChI=1S/C23H30N2O2/c1-16(2)27-22-8-5-7-20(23-24-13-6-14-25-23)19(22)11-10-18-15-17(3)9-12-21(18)26-4/h5,7-9,12,15-16H,6,10-11,13-14H2,1-4H3,(H,24,25). The first-order valence-corrected chi connectivity index (χ1v) is 9.79. The van der Waals surface area contributed by atoms with Gasteiger partial charge in [-0.2, -0.15) is 0 Å². The average Bonchev–Trinajstić information content (AvgIpc) is 2.67. The maximum Gasteiger partial charge on any atom is 0.128 e. The minimum Gasteiger partial charge on any atom is -0.496 e. The van der Waals surface area contributed by atoms with E-state index in [1.807, 2.05) is 0 Å². The Kier molecular flexibility index (Phi) is 6.38. The summed E-state index contributed by atoms with van der Waals surface area (Å²) in [6.07, 6.45) is 2.98. The minimum atomic E-state index is 0.133. The smallest absolute Gasteiger partial charge is 0.128 e. The highest BCUT2D eigenvalue weighted by Gasteiger charge is 2.17. The van der Waals surface area contributed by atoms with Gasteiger partial charge in [-0.1, -0.05) is 29.8 Å². The second-order valence-electron chi connectivity index (χ2n) is 7.27. The van der Waals surface area contributed by atoms with Crippen LogP contribution >= 0.6 is 0 Å². The molecule has 4 heteroatoms. The molecule has 0 spiro atoms. The summed E-state index contributed by atoms with van der Waals surface area (Å²) in [5.41, 5.74) is 4.83. The van der Waals surface area contributed by atoms with Crippen LogP contribution in [0.1, 0.15) is 42.5 Å². The molecule has 0 fully saturated rings. The molecule has 0 saturated heterocycles. The lowest BCUT2D eigenvalue weighted by molar-refractivity contribution is 0.240. The number of hydrogen-bond donors (Lipinski definition) is 1. The largest absolute Gasteiger partial charge is 0.496 e. The van der Waals surface area contributed by atoms with Crippen LogP contribution in [0.15, 0.2) is 41.4 Å². The fraction of sp³-hybridized carbons (Fsp3) is 0.435. The van der Waals surface area contributed by atoms with E-state index >= 15 is 0 Å². The first-order chi connectivity index (χ1) is 13.1. The van der Waals surface area contributed by atoms with Crippen molar-refractivity contribution in [3.8, 4) is 11.5 Å². The summed E-state index contributed by atoms with van der Waals surface area (Å²) in [5.74, 6) is 2.88. The molecule has 0 saturated carbocycles. The zero-order valence-corrected chi connectivity index (χ0v) is 16.8. The molecular formula is C23H30N2O2. The number of aliphatic imine (C=N–C) groups is 1. The van der Waals surface area contributed by atoms with Crippen molar-refractivity contribution in [2.75, 3.05) is 20.2 Å². The van der Waals surface area contributed by atoms with E-state index < -0.39 is 0 Å². The van der Waals surface area contributed by atoms with Crippen LogP contribution in [-0.4, -0.2) is 32.1 Å². The van der Waals surface area contributed by atoms with Gasteiger partial charge in [0, 0.05) is 24.2 Å². The summed E-state index contributed by atoms with van der Waals surface area (Å²) >= 11 is 0. The molecule has 1 aliphatic heterocycles. The number of benzene rings is 2. The van der Waals surface area contributed by atoms with Gasteiger partial charge in [-0.3, -0.25) is 4.99 Å². The lowest BCUT2D eigenvalue weighted by atomic mass is 9.96. The number of aryl methyl sites for hydroxylation is 2. The lowest BCUT2D eigenvalue weighted by Gasteiger charge is -2.21. The third-order valence-electron chi connectivity index (χ3n) is 4.73. The van der Waals surface area contributed by atoms with Crippen molar-refractivity contribution >= 4 is 5.84 Å². The first-order valence-electron chi connectivity index (χ1n) is 9.79. The average molecular weight is 367 g/mol. The van der Waals surface area contributed by atoms with E-state index in [0.29, 0.717) is 0 Å². The Morgan fingerprint density at radius 3 is 2.67 bits per heavy atom. The van der Waals surface area contributed by atoms with Gasteiger partial charge >= 0.3 is 0 Å². The third kappa shape index (κ3) is 4.82. The van der Waals surface area contributed by atoms with Crippen LogP contribution < -0.4 is 14.8 Å². The predicted molar refractivity (Wildman–Crippen MR) is 111 cm³/mol. The van der Waals surface area contributed by atoms with Gasteiger partial charge in [-0.25, -0.2) is 0 Å². The molecule has 0 amide bonds. The molecule has 3 rings (SSSR count). The number of rotatable bonds is 7. The van der Waals surface area contributed by atoms with Gasteiger partial charge in [0.15, 0.2) is 0 Å². The van der Waals surface area contributed by atoms with E-state index in [2.05, 4.69) is 62.5 Å². The van der Waals surface area contributed by atoms with Crippen molar-refractivity contribution in [1.82, 2.24) is 5.32 Å². The number of nitrogens with zero attached hydrogens (tertiary/aromatic N) is 1. The van der Waals surface area contributed by atoms with Crippen molar-refractivity contribution in [3.63, 3.8) is 0 Å². The number of nitrogens with one attached hydrogen (secondary N) is 1. The molecule has 1 heterocycles. The monoisotopic (exact) mass is 366 g/mol. The van der Waals surface area contributed by atoms with Gasteiger partial charge in [0.25, 0.3) is 0 Å². The number of ether oxygens (including phenoxy) is 2. The van der Waals surface area contributed by atoms with Crippen molar-refractivity contribution in [3.05, 3.63) is 58.7 Å². The minimum absolute atomic E-state index is 0.133. The zero-order valence-electron chi connectivity index (χ0n) is 16.8. The van der Waals surface area contributed by atoms with Crippen molar-refractivity contribution in [1.29, 1.82) is 0 Å². The molecule has 0 aliphatic carbocycles. The van der Waals surface area contributed by atoms with Gasteiger partial charge in [-0.15, -0.1) is 0 Å². The molecule has 1 aliphatic rings. The molecular weight excluding hydrogens is 336 g/mol. The van der Waals surface area contributed by atoms with Gasteiger partial charge < -0.3 is 14.8 Å². The van der Waals surface area contributed by atoms with Crippen molar-refractivity contribution < 1.29 is 9.47 Å². The van der Waals surface area contributed by atoms with Crippen LogP contribution in [0.4, 0.5) is 0 Å². The molecule has 4 nitrogen and oxygen atoms in total. The van der Waals surface area contributed by atoms with E-state index in [1.165, 1.54) is 16.7 Å². The third-order valence-corrected chi connectivity index (χ3v) is 4.73. The van der Waals surface area contributed by atoms with Crippen LogP contribution in [0, 0.1) is 6.92 Å². The Balaban J connectivity index is 1.94. The second-order valence-corrected chi connectivity index (χ2v) is 7.27. The van der Waals surface area contributed by atoms with Crippen molar-refractivity contribution in [2.24, 2.45) is 4.99 Å². The molecule has 27 heavy (non-hydrogen) atoms. The Morgan fingerprint density at radius 1 is 1.11 bits per heavy atom. The highest BCUT2D eigenvalue weighted by molar-refractivity contribution is 6.01. The molecule has 1 N–H and O–H groups in total. The molecule has 2 aromatic rings. The predicted octanol–water partition coefficient (Wildman–Crippen LogP) is 4.32. The highest BCUT2D eigenvalue weighted by atomic mass is 16.5. The van der Waals surface area contributed by atoms with Gasteiger partial charge in [-0.05, 0) is 57.7 Å². The Labute approximate surface area is 162 Å². The highest BCUT2D eigenvalue weighted by Crippen LogP contribution is 2.28. The second kappa shape index (κ2) is 8.94. The van der Waals surface area contributed by atoms with Crippen molar-refractivity contribution in [2.45, 2.75) is 46.1 Å². The fourth-order valence-electron chi connectivity index (χ4n) is 3.49. The van der Waals surface area contributed by atoms with E-state index in [1.54, 1.807) is 7.11 Å². The molecule has 144 valence electrons. The van der Waals surface area contributed by atoms with Crippen LogP contribution in [-0.2, 0) is 12.8 Å². The van der Waals surface area contributed by atoms with E-state index in [0.717, 1.165) is 55.3 Å². The quantitative estimate of drug-likeness (QED) is 0.794. The molecule has 0 atom stereocenters.